The van der Waals surface area contributed by atoms with Gasteiger partial charge in [-0.1, -0.05) is 6.07 Å². The average molecular weight is 308 g/mol. The second kappa shape index (κ2) is 7.51. The van der Waals surface area contributed by atoms with Crippen molar-refractivity contribution in [3.63, 3.8) is 0 Å². The second-order valence-electron chi connectivity index (χ2n) is 5.04. The lowest BCUT2D eigenvalue weighted by atomic mass is 10.1. The molecule has 0 saturated carbocycles. The van der Waals surface area contributed by atoms with Crippen LogP contribution in [0, 0.1) is 10.1 Å². The van der Waals surface area contributed by atoms with Crippen molar-refractivity contribution in [2.45, 2.75) is 25.9 Å². The van der Waals surface area contributed by atoms with Crippen LogP contribution in [0.25, 0.3) is 0 Å². The Labute approximate surface area is 128 Å². The molecule has 0 heterocycles. The lowest BCUT2D eigenvalue weighted by Crippen LogP contribution is -2.49. The van der Waals surface area contributed by atoms with Gasteiger partial charge in [0.15, 0.2) is 0 Å². The minimum absolute atomic E-state index is 0.128. The van der Waals surface area contributed by atoms with E-state index in [4.69, 9.17) is 5.73 Å². The zero-order valence-electron chi connectivity index (χ0n) is 12.8. The highest BCUT2D eigenvalue weighted by molar-refractivity contribution is 5.97. The summed E-state index contributed by atoms with van der Waals surface area (Å²) in [5.41, 5.74) is 5.45. The first kappa shape index (κ1) is 17.6. The number of amides is 2. The van der Waals surface area contributed by atoms with Crippen molar-refractivity contribution in [3.8, 4) is 0 Å². The van der Waals surface area contributed by atoms with Crippen LogP contribution < -0.4 is 11.1 Å². The van der Waals surface area contributed by atoms with E-state index in [9.17, 15) is 19.7 Å². The number of hydrogen-bond donors (Lipinski definition) is 2. The van der Waals surface area contributed by atoms with E-state index in [-0.39, 0.29) is 23.2 Å². The Morgan fingerprint density at radius 1 is 1.41 bits per heavy atom. The van der Waals surface area contributed by atoms with Crippen LogP contribution in [-0.2, 0) is 4.79 Å². The van der Waals surface area contributed by atoms with Gasteiger partial charge in [0, 0.05) is 37.3 Å². The topological polar surface area (TPSA) is 119 Å². The van der Waals surface area contributed by atoms with Crippen molar-refractivity contribution in [2.24, 2.45) is 5.73 Å². The molecule has 0 aliphatic rings. The quantitative estimate of drug-likeness (QED) is 0.586. The minimum Gasteiger partial charge on any atom is -0.341 e. The molecule has 0 aliphatic heterocycles. The molecule has 8 heteroatoms. The molecule has 0 spiro atoms. The third-order valence-electron chi connectivity index (χ3n) is 3.39. The number of non-ortho nitro benzene ring substituents is 1. The van der Waals surface area contributed by atoms with Crippen LogP contribution in [0.2, 0.25) is 0 Å². The van der Waals surface area contributed by atoms with E-state index < -0.39 is 16.9 Å². The van der Waals surface area contributed by atoms with Crippen LogP contribution >= 0.6 is 0 Å². The van der Waals surface area contributed by atoms with Gasteiger partial charge in [0.1, 0.15) is 6.04 Å². The van der Waals surface area contributed by atoms with Gasteiger partial charge in [-0.3, -0.25) is 19.7 Å². The summed E-state index contributed by atoms with van der Waals surface area (Å²) in [5.74, 6) is -0.824. The van der Waals surface area contributed by atoms with Crippen molar-refractivity contribution in [1.29, 1.82) is 0 Å². The number of rotatable bonds is 6. The lowest BCUT2D eigenvalue weighted by Gasteiger charge is -2.27. The van der Waals surface area contributed by atoms with Crippen molar-refractivity contribution in [2.75, 3.05) is 13.6 Å². The first-order chi connectivity index (χ1) is 10.3. The van der Waals surface area contributed by atoms with Crippen LogP contribution in [0.5, 0.6) is 0 Å². The Hall–Kier alpha value is -2.48. The summed E-state index contributed by atoms with van der Waals surface area (Å²) < 4.78 is 0. The molecule has 2 unspecified atom stereocenters. The number of nitrogens with one attached hydrogen (secondary N) is 1. The fourth-order valence-corrected chi connectivity index (χ4v) is 1.78. The van der Waals surface area contributed by atoms with Crippen LogP contribution in [0.1, 0.15) is 24.2 Å². The predicted molar refractivity (Wildman–Crippen MR) is 81.3 cm³/mol. The van der Waals surface area contributed by atoms with Gasteiger partial charge in [0.2, 0.25) is 5.91 Å². The van der Waals surface area contributed by atoms with Crippen molar-refractivity contribution < 1.29 is 14.5 Å². The van der Waals surface area contributed by atoms with Crippen LogP contribution in [0.15, 0.2) is 24.3 Å². The number of nitro groups is 1. The molecule has 8 nitrogen and oxygen atoms in total. The summed E-state index contributed by atoms with van der Waals surface area (Å²) in [4.78, 5) is 35.8. The van der Waals surface area contributed by atoms with Gasteiger partial charge < -0.3 is 16.0 Å². The van der Waals surface area contributed by atoms with Crippen LogP contribution in [0.3, 0.4) is 0 Å². The van der Waals surface area contributed by atoms with E-state index in [1.54, 1.807) is 20.9 Å². The summed E-state index contributed by atoms with van der Waals surface area (Å²) in [6.45, 7) is 3.66. The molecular formula is C14H20N4O4. The van der Waals surface area contributed by atoms with Gasteiger partial charge in [-0.25, -0.2) is 0 Å². The monoisotopic (exact) mass is 308 g/mol. The highest BCUT2D eigenvalue weighted by Gasteiger charge is 2.23. The first-order valence-electron chi connectivity index (χ1n) is 6.80. The summed E-state index contributed by atoms with van der Waals surface area (Å²) in [6.07, 6.45) is 0. The number of nitrogens with zero attached hydrogens (tertiary/aromatic N) is 2. The van der Waals surface area contributed by atoms with Crippen molar-refractivity contribution in [3.05, 3.63) is 39.9 Å². The second-order valence-corrected chi connectivity index (χ2v) is 5.04. The van der Waals surface area contributed by atoms with Crippen LogP contribution in [-0.4, -0.2) is 47.3 Å². The third-order valence-corrected chi connectivity index (χ3v) is 3.39. The van der Waals surface area contributed by atoms with Crippen molar-refractivity contribution in [1.82, 2.24) is 10.2 Å². The van der Waals surface area contributed by atoms with E-state index in [0.29, 0.717) is 6.54 Å². The zero-order chi connectivity index (χ0) is 16.9. The Balaban J connectivity index is 2.78. The highest BCUT2D eigenvalue weighted by Crippen LogP contribution is 2.13. The molecule has 0 aromatic heterocycles. The van der Waals surface area contributed by atoms with E-state index in [1.165, 1.54) is 29.2 Å². The summed E-state index contributed by atoms with van der Waals surface area (Å²) in [7, 11) is 1.61. The molecule has 2 atom stereocenters. The molecule has 1 rings (SSSR count). The molecule has 0 aliphatic carbocycles. The molecule has 0 fully saturated rings. The van der Waals surface area contributed by atoms with Gasteiger partial charge >= 0.3 is 0 Å². The first-order valence-corrected chi connectivity index (χ1v) is 6.80. The number of carbonyl (C=O) groups excluding carboxylic acids is 2. The molecule has 0 saturated heterocycles. The minimum atomic E-state index is -0.759. The number of nitrogens with two attached hydrogens (primary N) is 1. The molecule has 0 bridgehead atoms. The van der Waals surface area contributed by atoms with E-state index in [2.05, 4.69) is 5.32 Å². The standard InChI is InChI=1S/C14H20N4O4/c1-9(8-15)17(3)14(20)10(2)16-13(19)11-5-4-6-12(7-11)18(21)22/h4-7,9-10H,8,15H2,1-3H3,(H,16,19). The molecule has 0 radical (unpaired) electrons. The van der Waals surface area contributed by atoms with E-state index >= 15 is 0 Å². The maximum atomic E-state index is 12.1. The number of hydrogen-bond acceptors (Lipinski definition) is 5. The smallest absolute Gasteiger partial charge is 0.270 e. The molecule has 120 valence electrons. The number of nitro benzene ring substituents is 1. The third kappa shape index (κ3) is 4.26. The molecule has 22 heavy (non-hydrogen) atoms. The Kier molecular flexibility index (Phi) is 6.00. The summed E-state index contributed by atoms with van der Waals surface area (Å²) in [6, 6.07) is 4.42. The number of carbonyl (C=O) groups is 2. The van der Waals surface area contributed by atoms with Crippen LogP contribution in [0.4, 0.5) is 5.69 Å². The summed E-state index contributed by atoms with van der Waals surface area (Å²) in [5, 5.41) is 13.2. The molecule has 1 aromatic carbocycles. The fraction of sp³-hybridized carbons (Fsp3) is 0.429. The lowest BCUT2D eigenvalue weighted by molar-refractivity contribution is -0.384. The molecule has 2 amide bonds. The van der Waals surface area contributed by atoms with Gasteiger partial charge in [0.05, 0.1) is 4.92 Å². The predicted octanol–water partition coefficient (Wildman–Crippen LogP) is 0.519. The molecule has 3 N–H and O–H groups in total. The number of likely N-dealkylation sites (N-methyl/N-ethyl adjacent to an activating group) is 1. The molecule has 1 aromatic rings. The van der Waals surface area contributed by atoms with Gasteiger partial charge in [-0.05, 0) is 19.9 Å². The zero-order valence-corrected chi connectivity index (χ0v) is 12.8. The Morgan fingerprint density at radius 3 is 2.59 bits per heavy atom. The SMILES string of the molecule is CC(NC(=O)c1cccc([N+](=O)[O-])c1)C(=O)N(C)C(C)CN. The highest BCUT2D eigenvalue weighted by atomic mass is 16.6. The number of benzene rings is 1. The normalized spacial score (nSPS) is 13.1. The maximum Gasteiger partial charge on any atom is 0.270 e. The van der Waals surface area contributed by atoms with E-state index in [1.807, 2.05) is 0 Å². The Morgan fingerprint density at radius 2 is 2.05 bits per heavy atom. The van der Waals surface area contributed by atoms with Crippen molar-refractivity contribution >= 4 is 17.5 Å². The summed E-state index contributed by atoms with van der Waals surface area (Å²) >= 11 is 0. The largest absolute Gasteiger partial charge is 0.341 e. The maximum absolute atomic E-state index is 12.1. The fourth-order valence-electron chi connectivity index (χ4n) is 1.78. The van der Waals surface area contributed by atoms with Gasteiger partial charge in [-0.2, -0.15) is 0 Å². The molecular weight excluding hydrogens is 288 g/mol. The van der Waals surface area contributed by atoms with E-state index in [0.717, 1.165) is 0 Å². The van der Waals surface area contributed by atoms with Gasteiger partial charge in [-0.15, -0.1) is 0 Å². The van der Waals surface area contributed by atoms with Gasteiger partial charge in [0.25, 0.3) is 11.6 Å². The Bertz CT molecular complexity index is 576. The average Bonchev–Trinajstić information content (AvgIpc) is 2.52.